The zero-order valence-corrected chi connectivity index (χ0v) is 10.9. The summed E-state index contributed by atoms with van der Waals surface area (Å²) in [6.45, 7) is 0. The van der Waals surface area contributed by atoms with Crippen molar-refractivity contribution in [3.8, 4) is 11.5 Å². The van der Waals surface area contributed by atoms with Gasteiger partial charge in [-0.25, -0.2) is 0 Å². The normalized spacial score (nSPS) is 10.2. The van der Waals surface area contributed by atoms with Gasteiger partial charge in [-0.05, 0) is 30.3 Å². The van der Waals surface area contributed by atoms with Crippen molar-refractivity contribution in [2.45, 2.75) is 9.79 Å². The van der Waals surface area contributed by atoms with E-state index in [4.69, 9.17) is 4.74 Å². The Morgan fingerprint density at radius 2 is 1.79 bits per heavy atom. The Hall–Kier alpha value is -2.21. The van der Waals surface area contributed by atoms with Crippen LogP contribution in [0.15, 0.2) is 52.3 Å². The molecule has 0 saturated carbocycles. The van der Waals surface area contributed by atoms with E-state index in [0.29, 0.717) is 5.75 Å². The molecule has 0 aliphatic carbocycles. The summed E-state index contributed by atoms with van der Waals surface area (Å²) in [6, 6.07) is 11.3. The van der Waals surface area contributed by atoms with Crippen molar-refractivity contribution in [1.82, 2.24) is 0 Å². The second-order valence-corrected chi connectivity index (χ2v) is 4.83. The van der Waals surface area contributed by atoms with Gasteiger partial charge >= 0.3 is 0 Å². The average molecular weight is 277 g/mol. The fraction of sp³-hybridized carbons (Fsp3) is 0.0769. The first-order valence-corrected chi connectivity index (χ1v) is 6.21. The van der Waals surface area contributed by atoms with Gasteiger partial charge in [-0.15, -0.1) is 0 Å². The molecule has 0 radical (unpaired) electrons. The van der Waals surface area contributed by atoms with Crippen molar-refractivity contribution >= 4 is 17.4 Å². The van der Waals surface area contributed by atoms with E-state index in [1.54, 1.807) is 24.3 Å². The molecule has 0 fully saturated rings. The lowest BCUT2D eigenvalue weighted by Crippen LogP contribution is -1.86. The van der Waals surface area contributed by atoms with Crippen molar-refractivity contribution in [1.29, 1.82) is 0 Å². The maximum absolute atomic E-state index is 10.5. The molecule has 5 nitrogen and oxygen atoms in total. The van der Waals surface area contributed by atoms with E-state index in [-0.39, 0.29) is 11.4 Å². The molecule has 6 heteroatoms. The molecule has 0 atom stereocenters. The largest absolute Gasteiger partial charge is 0.504 e. The molecule has 0 spiro atoms. The van der Waals surface area contributed by atoms with Crippen LogP contribution in [0.5, 0.6) is 11.5 Å². The van der Waals surface area contributed by atoms with Crippen molar-refractivity contribution < 1.29 is 14.8 Å². The summed E-state index contributed by atoms with van der Waals surface area (Å²) in [4.78, 5) is 11.8. The lowest BCUT2D eigenvalue weighted by Gasteiger charge is -2.06. The third-order valence-electron chi connectivity index (χ3n) is 2.43. The highest BCUT2D eigenvalue weighted by Crippen LogP contribution is 2.34. The number of rotatable bonds is 4. The summed E-state index contributed by atoms with van der Waals surface area (Å²) >= 11 is 1.40. The van der Waals surface area contributed by atoms with Crippen molar-refractivity contribution in [2.75, 3.05) is 7.11 Å². The molecule has 0 aliphatic heterocycles. The predicted molar refractivity (Wildman–Crippen MR) is 71.9 cm³/mol. The Morgan fingerprint density at radius 3 is 2.32 bits per heavy atom. The number of nitro groups is 1. The number of phenols is 1. The van der Waals surface area contributed by atoms with E-state index >= 15 is 0 Å². The van der Waals surface area contributed by atoms with Gasteiger partial charge in [-0.3, -0.25) is 10.1 Å². The van der Waals surface area contributed by atoms with Gasteiger partial charge in [0.1, 0.15) is 0 Å². The molecule has 98 valence electrons. The van der Waals surface area contributed by atoms with Crippen LogP contribution in [-0.4, -0.2) is 17.1 Å². The first-order chi connectivity index (χ1) is 9.10. The topological polar surface area (TPSA) is 72.6 Å². The van der Waals surface area contributed by atoms with E-state index < -0.39 is 4.92 Å². The van der Waals surface area contributed by atoms with Crippen molar-refractivity contribution in [3.05, 3.63) is 52.6 Å². The van der Waals surface area contributed by atoms with Crippen molar-refractivity contribution in [3.63, 3.8) is 0 Å². The molecule has 0 aromatic heterocycles. The molecular formula is C13H11NO4S. The third kappa shape index (κ3) is 3.17. The molecule has 2 aromatic carbocycles. The molecule has 0 saturated heterocycles. The summed E-state index contributed by atoms with van der Waals surface area (Å²) < 4.78 is 4.96. The number of hydrogen-bond donors (Lipinski definition) is 1. The number of methoxy groups -OCH3 is 1. The maximum atomic E-state index is 10.5. The number of nitro benzene ring substituents is 1. The molecule has 19 heavy (non-hydrogen) atoms. The fourth-order valence-electron chi connectivity index (χ4n) is 1.51. The first-order valence-electron chi connectivity index (χ1n) is 5.39. The van der Waals surface area contributed by atoms with Crippen LogP contribution in [0.3, 0.4) is 0 Å². The molecule has 0 unspecified atom stereocenters. The Balaban J connectivity index is 2.16. The first kappa shape index (κ1) is 13.2. The molecule has 0 bridgehead atoms. The summed E-state index contributed by atoms with van der Waals surface area (Å²) in [5, 5.41) is 20.2. The molecule has 1 N–H and O–H groups in total. The van der Waals surface area contributed by atoms with Crippen LogP contribution in [-0.2, 0) is 0 Å². The van der Waals surface area contributed by atoms with Crippen LogP contribution in [0.25, 0.3) is 0 Å². The SMILES string of the molecule is COc1ccc(Sc2ccc([N+](=O)[O-])cc2)cc1O. The van der Waals surface area contributed by atoms with E-state index in [1.165, 1.54) is 31.0 Å². The lowest BCUT2D eigenvalue weighted by molar-refractivity contribution is -0.384. The van der Waals surface area contributed by atoms with E-state index in [1.807, 2.05) is 6.07 Å². The lowest BCUT2D eigenvalue weighted by atomic mass is 10.3. The molecule has 0 amide bonds. The van der Waals surface area contributed by atoms with Gasteiger partial charge in [-0.1, -0.05) is 11.8 Å². The van der Waals surface area contributed by atoms with Gasteiger partial charge in [0.05, 0.1) is 12.0 Å². The van der Waals surface area contributed by atoms with Gasteiger partial charge < -0.3 is 9.84 Å². The van der Waals surface area contributed by atoms with Crippen LogP contribution >= 0.6 is 11.8 Å². The standard InChI is InChI=1S/C13H11NO4S/c1-18-13-7-6-11(8-12(13)15)19-10-4-2-9(3-5-10)14(16)17/h2-8,15H,1H3. The molecular weight excluding hydrogens is 266 g/mol. The second kappa shape index (κ2) is 5.62. The Kier molecular flexibility index (Phi) is 3.91. The van der Waals surface area contributed by atoms with Crippen molar-refractivity contribution in [2.24, 2.45) is 0 Å². The van der Waals surface area contributed by atoms with Gasteiger partial charge in [0, 0.05) is 21.9 Å². The third-order valence-corrected chi connectivity index (χ3v) is 3.43. The number of benzene rings is 2. The quantitative estimate of drug-likeness (QED) is 0.684. The number of ether oxygens (including phenoxy) is 1. The van der Waals surface area contributed by atoms with Gasteiger partial charge in [0.15, 0.2) is 11.5 Å². The summed E-state index contributed by atoms with van der Waals surface area (Å²) in [5.41, 5.74) is 0.0573. The number of non-ortho nitro benzene ring substituents is 1. The summed E-state index contributed by atoms with van der Waals surface area (Å²) in [6.07, 6.45) is 0. The Morgan fingerprint density at radius 1 is 1.16 bits per heavy atom. The predicted octanol–water partition coefficient (Wildman–Crippen LogP) is 3.46. The molecule has 2 aromatic rings. The summed E-state index contributed by atoms with van der Waals surface area (Å²) in [5.74, 6) is 0.475. The fourth-order valence-corrected chi connectivity index (χ4v) is 2.36. The minimum absolute atomic E-state index is 0.0573. The number of aromatic hydroxyl groups is 1. The second-order valence-electron chi connectivity index (χ2n) is 3.69. The molecule has 0 aliphatic rings. The van der Waals surface area contributed by atoms with Gasteiger partial charge in [0.2, 0.25) is 0 Å². The van der Waals surface area contributed by atoms with Gasteiger partial charge in [0.25, 0.3) is 5.69 Å². The highest BCUT2D eigenvalue weighted by molar-refractivity contribution is 7.99. The van der Waals surface area contributed by atoms with Crippen LogP contribution in [0.1, 0.15) is 0 Å². The minimum Gasteiger partial charge on any atom is -0.504 e. The van der Waals surface area contributed by atoms with Crippen LogP contribution in [0.2, 0.25) is 0 Å². The highest BCUT2D eigenvalue weighted by atomic mass is 32.2. The number of hydrogen-bond acceptors (Lipinski definition) is 5. The van der Waals surface area contributed by atoms with E-state index in [2.05, 4.69) is 0 Å². The molecule has 0 heterocycles. The van der Waals surface area contributed by atoms with Crippen LogP contribution in [0, 0.1) is 10.1 Å². The van der Waals surface area contributed by atoms with Gasteiger partial charge in [-0.2, -0.15) is 0 Å². The minimum atomic E-state index is -0.437. The number of phenolic OH excluding ortho intramolecular Hbond substituents is 1. The van der Waals surface area contributed by atoms with E-state index in [0.717, 1.165) is 9.79 Å². The zero-order valence-electron chi connectivity index (χ0n) is 10.1. The Bertz CT molecular complexity index is 598. The smallest absolute Gasteiger partial charge is 0.269 e. The average Bonchev–Trinajstić information content (AvgIpc) is 2.39. The monoisotopic (exact) mass is 277 g/mol. The van der Waals surface area contributed by atoms with Crippen LogP contribution in [0.4, 0.5) is 5.69 Å². The zero-order chi connectivity index (χ0) is 13.8. The maximum Gasteiger partial charge on any atom is 0.269 e. The highest BCUT2D eigenvalue weighted by Gasteiger charge is 2.06. The Labute approximate surface area is 114 Å². The van der Waals surface area contributed by atoms with Crippen LogP contribution < -0.4 is 4.74 Å². The number of nitrogens with zero attached hydrogens (tertiary/aromatic N) is 1. The van der Waals surface area contributed by atoms with E-state index in [9.17, 15) is 15.2 Å². The molecule has 2 rings (SSSR count). The summed E-state index contributed by atoms with van der Waals surface area (Å²) in [7, 11) is 1.48.